The maximum atomic E-state index is 12.6. The number of ether oxygens (including phenoxy) is 1. The number of carbonyl (C=O) groups excluding carboxylic acids is 1. The normalized spacial score (nSPS) is 23.2. The molecule has 0 aliphatic heterocycles. The smallest absolute Gasteiger partial charge is 0.251 e. The summed E-state index contributed by atoms with van der Waals surface area (Å²) in [5.41, 5.74) is 0.612. The number of hydrogen-bond acceptors (Lipinski definition) is 3. The van der Waals surface area contributed by atoms with Gasteiger partial charge in [0.2, 0.25) is 0 Å². The average Bonchev–Trinajstić information content (AvgIpc) is 3.03. The van der Waals surface area contributed by atoms with Gasteiger partial charge in [-0.25, -0.2) is 4.68 Å². The van der Waals surface area contributed by atoms with Gasteiger partial charge in [0.1, 0.15) is 5.75 Å². The van der Waals surface area contributed by atoms with Crippen LogP contribution < -0.4 is 10.1 Å². The fraction of sp³-hybridized carbons (Fsp3) is 0.474. The number of nitrogens with zero attached hydrogens (tertiary/aromatic N) is 2. The Hall–Kier alpha value is -2.01. The summed E-state index contributed by atoms with van der Waals surface area (Å²) in [5.74, 6) is 1.74. The Balaban J connectivity index is 1.61. The van der Waals surface area contributed by atoms with Gasteiger partial charge in [-0.05, 0) is 36.5 Å². The highest BCUT2D eigenvalue weighted by molar-refractivity contribution is 6.30. The van der Waals surface area contributed by atoms with Crippen LogP contribution in [0, 0.1) is 11.8 Å². The summed E-state index contributed by atoms with van der Waals surface area (Å²) in [6.07, 6.45) is 6.71. The summed E-state index contributed by atoms with van der Waals surface area (Å²) in [6.45, 7) is 4.73. The van der Waals surface area contributed by atoms with E-state index in [9.17, 15) is 4.79 Å². The molecule has 1 N–H and O–H groups in total. The zero-order valence-corrected chi connectivity index (χ0v) is 15.4. The third-order valence-electron chi connectivity index (χ3n) is 5.08. The van der Waals surface area contributed by atoms with Crippen molar-refractivity contribution in [2.45, 2.75) is 45.9 Å². The fourth-order valence-electron chi connectivity index (χ4n) is 3.31. The van der Waals surface area contributed by atoms with Crippen LogP contribution in [-0.2, 0) is 6.73 Å². The molecule has 1 fully saturated rings. The molecule has 1 aromatic heterocycles. The fourth-order valence-corrected chi connectivity index (χ4v) is 3.47. The van der Waals surface area contributed by atoms with Crippen LogP contribution >= 0.6 is 11.6 Å². The lowest BCUT2D eigenvalue weighted by Gasteiger charge is -2.34. The SMILES string of the molecule is C[C@H]1[C@H](C)CCC[C@@H]1NC(=O)c1cccc(OCn2cc(Cl)cn2)c1. The highest BCUT2D eigenvalue weighted by atomic mass is 35.5. The van der Waals surface area contributed by atoms with Crippen LogP contribution in [0.5, 0.6) is 5.75 Å². The Morgan fingerprint density at radius 1 is 1.40 bits per heavy atom. The average molecular weight is 362 g/mol. The minimum Gasteiger partial charge on any atom is -0.471 e. The van der Waals surface area contributed by atoms with E-state index in [1.807, 2.05) is 18.2 Å². The molecule has 25 heavy (non-hydrogen) atoms. The van der Waals surface area contributed by atoms with Gasteiger partial charge in [-0.1, -0.05) is 44.4 Å². The van der Waals surface area contributed by atoms with Crippen LogP contribution in [0.25, 0.3) is 0 Å². The monoisotopic (exact) mass is 361 g/mol. The zero-order valence-electron chi connectivity index (χ0n) is 14.6. The molecule has 3 atom stereocenters. The van der Waals surface area contributed by atoms with E-state index in [4.69, 9.17) is 16.3 Å². The molecule has 0 bridgehead atoms. The van der Waals surface area contributed by atoms with Gasteiger partial charge >= 0.3 is 0 Å². The lowest BCUT2D eigenvalue weighted by atomic mass is 9.78. The number of carbonyl (C=O) groups is 1. The molecule has 0 saturated heterocycles. The lowest BCUT2D eigenvalue weighted by Crippen LogP contribution is -2.43. The number of rotatable bonds is 5. The van der Waals surface area contributed by atoms with Crippen molar-refractivity contribution in [3.05, 3.63) is 47.2 Å². The molecule has 5 nitrogen and oxygen atoms in total. The van der Waals surface area contributed by atoms with Crippen molar-refractivity contribution in [2.75, 3.05) is 0 Å². The second-order valence-corrected chi connectivity index (χ2v) is 7.28. The minimum absolute atomic E-state index is 0.0430. The van der Waals surface area contributed by atoms with Gasteiger partial charge in [0.15, 0.2) is 6.73 Å². The third kappa shape index (κ3) is 4.54. The summed E-state index contributed by atoms with van der Waals surface area (Å²) in [6, 6.07) is 7.47. The van der Waals surface area contributed by atoms with E-state index in [1.54, 1.807) is 23.1 Å². The molecule has 1 heterocycles. The molecule has 0 unspecified atom stereocenters. The van der Waals surface area contributed by atoms with Gasteiger partial charge in [0.05, 0.1) is 11.2 Å². The molecule has 1 aliphatic carbocycles. The van der Waals surface area contributed by atoms with Gasteiger partial charge in [-0.2, -0.15) is 5.10 Å². The van der Waals surface area contributed by atoms with E-state index in [-0.39, 0.29) is 18.7 Å². The van der Waals surface area contributed by atoms with E-state index in [0.717, 1.165) is 6.42 Å². The Morgan fingerprint density at radius 3 is 3.00 bits per heavy atom. The van der Waals surface area contributed by atoms with Gasteiger partial charge < -0.3 is 10.1 Å². The lowest BCUT2D eigenvalue weighted by molar-refractivity contribution is 0.0890. The van der Waals surface area contributed by atoms with Crippen LogP contribution in [0.3, 0.4) is 0 Å². The molecule has 6 heteroatoms. The number of aromatic nitrogens is 2. The van der Waals surface area contributed by atoms with Crippen molar-refractivity contribution in [3.8, 4) is 5.75 Å². The van der Waals surface area contributed by atoms with Crippen molar-refractivity contribution in [1.29, 1.82) is 0 Å². The maximum Gasteiger partial charge on any atom is 0.251 e. The van der Waals surface area contributed by atoms with Gasteiger partial charge in [0.25, 0.3) is 5.91 Å². The summed E-state index contributed by atoms with van der Waals surface area (Å²) in [7, 11) is 0. The Labute approximate surface area is 153 Å². The number of hydrogen-bond donors (Lipinski definition) is 1. The molecule has 134 valence electrons. The molecular weight excluding hydrogens is 338 g/mol. The Kier molecular flexibility index (Phi) is 5.63. The first-order chi connectivity index (χ1) is 12.0. The first-order valence-corrected chi connectivity index (χ1v) is 9.12. The first kappa shape index (κ1) is 17.8. The summed E-state index contributed by atoms with van der Waals surface area (Å²) in [5, 5.41) is 7.81. The Morgan fingerprint density at radius 2 is 2.24 bits per heavy atom. The van der Waals surface area contributed by atoms with Crippen LogP contribution in [0.15, 0.2) is 36.7 Å². The van der Waals surface area contributed by atoms with E-state index in [0.29, 0.717) is 28.2 Å². The first-order valence-electron chi connectivity index (χ1n) is 8.74. The highest BCUT2D eigenvalue weighted by Crippen LogP contribution is 2.29. The van der Waals surface area contributed by atoms with Crippen molar-refractivity contribution in [3.63, 3.8) is 0 Å². The zero-order chi connectivity index (χ0) is 17.8. The van der Waals surface area contributed by atoms with Gasteiger partial charge in [0, 0.05) is 17.8 Å². The summed E-state index contributed by atoms with van der Waals surface area (Å²) >= 11 is 5.83. The van der Waals surface area contributed by atoms with Crippen LogP contribution in [-0.4, -0.2) is 21.7 Å². The number of nitrogens with one attached hydrogen (secondary N) is 1. The molecule has 3 rings (SSSR count). The quantitative estimate of drug-likeness (QED) is 0.871. The van der Waals surface area contributed by atoms with Crippen LogP contribution in [0.4, 0.5) is 0 Å². The maximum absolute atomic E-state index is 12.6. The van der Waals surface area contributed by atoms with Crippen molar-refractivity contribution >= 4 is 17.5 Å². The number of halogens is 1. The molecular formula is C19H24ClN3O2. The second-order valence-electron chi connectivity index (χ2n) is 6.85. The van der Waals surface area contributed by atoms with Crippen LogP contribution in [0.1, 0.15) is 43.5 Å². The molecule has 1 saturated carbocycles. The van der Waals surface area contributed by atoms with E-state index in [2.05, 4.69) is 24.3 Å². The molecule has 1 aliphatic rings. The van der Waals surface area contributed by atoms with Crippen molar-refractivity contribution < 1.29 is 9.53 Å². The minimum atomic E-state index is -0.0430. The van der Waals surface area contributed by atoms with E-state index >= 15 is 0 Å². The number of benzene rings is 1. The van der Waals surface area contributed by atoms with Gasteiger partial charge in [-0.15, -0.1) is 0 Å². The standard InChI is InChI=1S/C19H24ClN3O2/c1-13-5-3-8-18(14(13)2)22-19(24)15-6-4-7-17(9-15)25-12-23-11-16(20)10-21-23/h4,6-7,9-11,13-14,18H,3,5,8,12H2,1-2H3,(H,22,24)/t13-,14+,18+/m1/s1. The Bertz CT molecular complexity index is 731. The highest BCUT2D eigenvalue weighted by Gasteiger charge is 2.28. The van der Waals surface area contributed by atoms with Crippen LogP contribution in [0.2, 0.25) is 5.02 Å². The summed E-state index contributed by atoms with van der Waals surface area (Å²) in [4.78, 5) is 12.6. The van der Waals surface area contributed by atoms with Crippen molar-refractivity contribution in [1.82, 2.24) is 15.1 Å². The largest absolute Gasteiger partial charge is 0.471 e. The second kappa shape index (κ2) is 7.91. The number of amides is 1. The van der Waals surface area contributed by atoms with E-state index in [1.165, 1.54) is 12.8 Å². The predicted octanol–water partition coefficient (Wildman–Crippen LogP) is 4.13. The third-order valence-corrected chi connectivity index (χ3v) is 5.28. The molecule has 1 aromatic carbocycles. The topological polar surface area (TPSA) is 56.1 Å². The summed E-state index contributed by atoms with van der Waals surface area (Å²) < 4.78 is 7.28. The predicted molar refractivity (Wildman–Crippen MR) is 97.7 cm³/mol. The van der Waals surface area contributed by atoms with Crippen molar-refractivity contribution in [2.24, 2.45) is 11.8 Å². The molecule has 0 spiro atoms. The molecule has 1 amide bonds. The molecule has 2 aromatic rings. The van der Waals surface area contributed by atoms with Gasteiger partial charge in [-0.3, -0.25) is 4.79 Å². The molecule has 0 radical (unpaired) electrons. The van der Waals surface area contributed by atoms with E-state index < -0.39 is 0 Å².